The number of nitrogens with zero attached hydrogens (tertiary/aromatic N) is 1. The van der Waals surface area contributed by atoms with Gasteiger partial charge in [0.15, 0.2) is 0 Å². The van der Waals surface area contributed by atoms with Crippen molar-refractivity contribution in [3.63, 3.8) is 0 Å². The Morgan fingerprint density at radius 1 is 0.889 bits per heavy atom. The van der Waals surface area contributed by atoms with E-state index in [1.165, 1.54) is 5.57 Å². The maximum atomic E-state index is 14.3. The standard InChI is InChI=1S/C46H59NO6Si/c1-5-15-32(28-33-22-25-36(49)26-23-33)24-27-41(50)42-34(29-39-43(40(42)30-48)45(52)47(44(39)51)35-16-9-6-10-17-35)31-53-54(46(2,3)4,37-18-11-7-12-19-37)38-20-13-8-14-21-38/h7-8,11-14,18-23,25-26,28,35,39-41,43,48-50H,5-6,9-10,15-17,24,27,29-31H2,1-4H3/b32-28+/t39-,40+,41-,43-/m1/s1. The first-order valence-corrected chi connectivity index (χ1v) is 22.0. The van der Waals surface area contributed by atoms with Crippen LogP contribution >= 0.6 is 0 Å². The second-order valence-electron chi connectivity index (χ2n) is 16.7. The maximum absolute atomic E-state index is 14.3. The SMILES string of the molecule is CCC/C(=C\c1ccc(O)cc1)CC[C@@H](O)C1=C(CO[Si](c2ccccc2)(c2ccccc2)C(C)(C)C)C[C@H]2C(=O)N(C3CCCCC3)C(=O)[C@H]2[C@H]1CO. The minimum Gasteiger partial charge on any atom is -0.508 e. The zero-order valence-corrected chi connectivity index (χ0v) is 33.5. The minimum atomic E-state index is -3.00. The van der Waals surface area contributed by atoms with E-state index in [1.54, 1.807) is 17.0 Å². The van der Waals surface area contributed by atoms with E-state index in [0.29, 0.717) is 24.8 Å². The highest BCUT2D eigenvalue weighted by Gasteiger charge is 2.57. The van der Waals surface area contributed by atoms with Gasteiger partial charge in [0.25, 0.3) is 8.32 Å². The van der Waals surface area contributed by atoms with E-state index in [-0.39, 0.29) is 41.9 Å². The van der Waals surface area contributed by atoms with Crippen molar-refractivity contribution in [3.8, 4) is 5.75 Å². The number of aliphatic hydroxyl groups is 2. The molecule has 0 bridgehead atoms. The lowest BCUT2D eigenvalue weighted by Gasteiger charge is -2.44. The average molecular weight is 750 g/mol. The average Bonchev–Trinajstić information content (AvgIpc) is 3.43. The number of imide groups is 1. The molecule has 4 atom stereocenters. The molecule has 288 valence electrons. The van der Waals surface area contributed by atoms with Gasteiger partial charge in [-0.15, -0.1) is 0 Å². The van der Waals surface area contributed by atoms with Crippen LogP contribution in [0.25, 0.3) is 6.08 Å². The third kappa shape index (κ3) is 8.08. The molecule has 8 heteroatoms. The molecule has 1 aliphatic heterocycles. The van der Waals surface area contributed by atoms with Gasteiger partial charge in [0.05, 0.1) is 31.2 Å². The van der Waals surface area contributed by atoms with Crippen molar-refractivity contribution < 1.29 is 29.3 Å². The predicted octanol–water partition coefficient (Wildman–Crippen LogP) is 7.54. The van der Waals surface area contributed by atoms with Crippen molar-refractivity contribution in [2.75, 3.05) is 13.2 Å². The van der Waals surface area contributed by atoms with E-state index in [4.69, 9.17) is 4.43 Å². The molecule has 2 amide bonds. The lowest BCUT2D eigenvalue weighted by atomic mass is 9.68. The normalized spacial score (nSPS) is 22.1. The second-order valence-corrected chi connectivity index (χ2v) is 21.0. The topological polar surface area (TPSA) is 107 Å². The molecular weight excluding hydrogens is 691 g/mol. The number of aliphatic hydroxyl groups excluding tert-OH is 2. The summed E-state index contributed by atoms with van der Waals surface area (Å²) in [5.41, 5.74) is 3.67. The van der Waals surface area contributed by atoms with Crippen molar-refractivity contribution in [1.82, 2.24) is 4.90 Å². The smallest absolute Gasteiger partial charge is 0.261 e. The summed E-state index contributed by atoms with van der Waals surface area (Å²) < 4.78 is 7.43. The highest BCUT2D eigenvalue weighted by atomic mass is 28.4. The van der Waals surface area contributed by atoms with E-state index in [2.05, 4.69) is 82.3 Å². The molecule has 0 radical (unpaired) electrons. The fourth-order valence-corrected chi connectivity index (χ4v) is 14.2. The Kier molecular flexibility index (Phi) is 12.8. The summed E-state index contributed by atoms with van der Waals surface area (Å²) in [6.07, 6.45) is 9.08. The fourth-order valence-electron chi connectivity index (χ4n) is 9.65. The maximum Gasteiger partial charge on any atom is 0.261 e. The van der Waals surface area contributed by atoms with Crippen molar-refractivity contribution in [2.24, 2.45) is 17.8 Å². The van der Waals surface area contributed by atoms with Gasteiger partial charge in [0.1, 0.15) is 5.75 Å². The number of phenols is 1. The number of aromatic hydroxyl groups is 1. The van der Waals surface area contributed by atoms with Crippen LogP contribution in [0.2, 0.25) is 5.04 Å². The van der Waals surface area contributed by atoms with Crippen LogP contribution in [-0.4, -0.2) is 65.7 Å². The molecule has 2 fully saturated rings. The number of benzene rings is 3. The van der Waals surface area contributed by atoms with Crippen molar-refractivity contribution in [1.29, 1.82) is 0 Å². The molecule has 3 aromatic rings. The Bertz CT molecular complexity index is 1750. The Morgan fingerprint density at radius 3 is 2.06 bits per heavy atom. The lowest BCUT2D eigenvalue weighted by Crippen LogP contribution is -2.66. The number of hydrogen-bond donors (Lipinski definition) is 3. The van der Waals surface area contributed by atoms with Crippen LogP contribution < -0.4 is 10.4 Å². The molecule has 1 saturated heterocycles. The third-order valence-corrected chi connectivity index (χ3v) is 17.1. The number of hydrogen-bond acceptors (Lipinski definition) is 6. The van der Waals surface area contributed by atoms with Gasteiger partial charge in [-0.3, -0.25) is 14.5 Å². The quantitative estimate of drug-likeness (QED) is 0.0894. The summed E-state index contributed by atoms with van der Waals surface area (Å²) in [5, 5.41) is 35.3. The minimum absolute atomic E-state index is 0.101. The highest BCUT2D eigenvalue weighted by molar-refractivity contribution is 6.99. The molecule has 7 nitrogen and oxygen atoms in total. The van der Waals surface area contributed by atoms with Crippen LogP contribution in [0.5, 0.6) is 5.75 Å². The Labute approximate surface area is 322 Å². The monoisotopic (exact) mass is 749 g/mol. The Hall–Kier alpha value is -3.82. The largest absolute Gasteiger partial charge is 0.508 e. The van der Waals surface area contributed by atoms with Gasteiger partial charge in [-0.25, -0.2) is 0 Å². The van der Waals surface area contributed by atoms with Gasteiger partial charge in [-0.05, 0) is 82.8 Å². The van der Waals surface area contributed by atoms with E-state index in [1.807, 2.05) is 24.3 Å². The number of amides is 2. The summed E-state index contributed by atoms with van der Waals surface area (Å²) in [5.74, 6) is -2.08. The summed E-state index contributed by atoms with van der Waals surface area (Å²) in [6.45, 7) is 8.68. The number of fused-ring (bicyclic) bond motifs is 1. The summed E-state index contributed by atoms with van der Waals surface area (Å²) in [4.78, 5) is 30.2. The molecule has 0 aromatic heterocycles. The van der Waals surface area contributed by atoms with Crippen LogP contribution in [0.4, 0.5) is 0 Å². The zero-order chi connectivity index (χ0) is 38.5. The van der Waals surface area contributed by atoms with Crippen LogP contribution in [0.15, 0.2) is 102 Å². The number of carbonyl (C=O) groups is 2. The number of phenolic OH excluding ortho intramolecular Hbond substituents is 1. The molecule has 3 N–H and O–H groups in total. The summed E-state index contributed by atoms with van der Waals surface area (Å²) in [6, 6.07) is 27.9. The van der Waals surface area contributed by atoms with Crippen molar-refractivity contribution in [2.45, 2.75) is 109 Å². The third-order valence-electron chi connectivity index (χ3n) is 12.2. The Balaban J connectivity index is 1.40. The number of allylic oxidation sites excluding steroid dienone is 1. The zero-order valence-electron chi connectivity index (χ0n) is 32.5. The Morgan fingerprint density at radius 2 is 1.50 bits per heavy atom. The molecule has 54 heavy (non-hydrogen) atoms. The number of rotatable bonds is 14. The highest BCUT2D eigenvalue weighted by Crippen LogP contribution is 2.48. The lowest BCUT2D eigenvalue weighted by molar-refractivity contribution is -0.143. The van der Waals surface area contributed by atoms with Crippen LogP contribution in [0.1, 0.15) is 97.5 Å². The van der Waals surface area contributed by atoms with E-state index < -0.39 is 32.2 Å². The predicted molar refractivity (Wildman–Crippen MR) is 218 cm³/mol. The fraction of sp³-hybridized carbons (Fsp3) is 0.478. The molecular formula is C46H59NO6Si. The van der Waals surface area contributed by atoms with Gasteiger partial charge in [-0.1, -0.05) is 138 Å². The molecule has 2 aliphatic carbocycles. The molecule has 3 aliphatic rings. The molecule has 1 saturated carbocycles. The second kappa shape index (κ2) is 17.3. The van der Waals surface area contributed by atoms with Crippen molar-refractivity contribution >= 4 is 36.6 Å². The first-order chi connectivity index (χ1) is 26.0. The van der Waals surface area contributed by atoms with Gasteiger partial charge < -0.3 is 19.7 Å². The van der Waals surface area contributed by atoms with Gasteiger partial charge in [0.2, 0.25) is 11.8 Å². The molecule has 0 unspecified atom stereocenters. The van der Waals surface area contributed by atoms with E-state index >= 15 is 0 Å². The summed E-state index contributed by atoms with van der Waals surface area (Å²) in [7, 11) is -3.00. The van der Waals surface area contributed by atoms with Gasteiger partial charge in [-0.2, -0.15) is 0 Å². The van der Waals surface area contributed by atoms with Gasteiger partial charge >= 0.3 is 0 Å². The molecule has 6 rings (SSSR count). The van der Waals surface area contributed by atoms with E-state index in [9.17, 15) is 24.9 Å². The van der Waals surface area contributed by atoms with Crippen LogP contribution in [-0.2, 0) is 14.0 Å². The first kappa shape index (κ1) is 39.9. The molecule has 3 aromatic carbocycles. The summed E-state index contributed by atoms with van der Waals surface area (Å²) >= 11 is 0. The van der Waals surface area contributed by atoms with Gasteiger partial charge in [0, 0.05) is 12.0 Å². The van der Waals surface area contributed by atoms with Crippen LogP contribution in [0, 0.1) is 17.8 Å². The van der Waals surface area contributed by atoms with Crippen molar-refractivity contribution in [3.05, 3.63) is 107 Å². The van der Waals surface area contributed by atoms with Crippen LogP contribution in [0.3, 0.4) is 0 Å². The number of likely N-dealkylation sites (tertiary alicyclic amines) is 1. The first-order valence-electron chi connectivity index (χ1n) is 20.1. The molecule has 0 spiro atoms. The van der Waals surface area contributed by atoms with E-state index in [0.717, 1.165) is 66.5 Å². The molecule has 1 heterocycles. The number of carbonyl (C=O) groups excluding carboxylic acids is 2.